The van der Waals surface area contributed by atoms with E-state index in [1.165, 1.54) is 16.4 Å². The van der Waals surface area contributed by atoms with Crippen LogP contribution in [0.1, 0.15) is 18.4 Å². The second-order valence-corrected chi connectivity index (χ2v) is 6.91. The van der Waals surface area contributed by atoms with E-state index in [9.17, 15) is 18.5 Å². The first-order chi connectivity index (χ1) is 9.32. The zero-order valence-corrected chi connectivity index (χ0v) is 12.0. The maximum atomic E-state index is 12.5. The molecule has 0 aliphatic carbocycles. The molecular formula is C12H17N3O4S. The van der Waals surface area contributed by atoms with Gasteiger partial charge in [-0.1, -0.05) is 6.07 Å². The number of benzene rings is 1. The van der Waals surface area contributed by atoms with Crippen LogP contribution >= 0.6 is 0 Å². The third kappa shape index (κ3) is 2.82. The van der Waals surface area contributed by atoms with E-state index in [-0.39, 0.29) is 23.2 Å². The molecule has 1 aliphatic heterocycles. The van der Waals surface area contributed by atoms with E-state index in [0.29, 0.717) is 18.5 Å². The molecule has 1 saturated heterocycles. The summed E-state index contributed by atoms with van der Waals surface area (Å²) in [5.41, 5.74) is 6.03. The zero-order chi connectivity index (χ0) is 14.9. The molecule has 2 N–H and O–H groups in total. The summed E-state index contributed by atoms with van der Waals surface area (Å²) in [6.07, 6.45) is 1.49. The number of nitrogens with zero attached hydrogens (tertiary/aromatic N) is 2. The Morgan fingerprint density at radius 1 is 1.45 bits per heavy atom. The van der Waals surface area contributed by atoms with Gasteiger partial charge in [0.1, 0.15) is 0 Å². The van der Waals surface area contributed by atoms with Crippen molar-refractivity contribution in [3.63, 3.8) is 0 Å². The molecule has 1 fully saturated rings. The number of hydrogen-bond donors (Lipinski definition) is 1. The Bertz CT molecular complexity index is 630. The van der Waals surface area contributed by atoms with Crippen molar-refractivity contribution < 1.29 is 13.3 Å². The van der Waals surface area contributed by atoms with E-state index in [1.54, 1.807) is 6.92 Å². The first kappa shape index (κ1) is 14.9. The van der Waals surface area contributed by atoms with Gasteiger partial charge in [0, 0.05) is 30.8 Å². The van der Waals surface area contributed by atoms with Crippen molar-refractivity contribution in [3.8, 4) is 0 Å². The Morgan fingerprint density at radius 2 is 2.15 bits per heavy atom. The van der Waals surface area contributed by atoms with Crippen LogP contribution in [0.15, 0.2) is 23.1 Å². The fourth-order valence-electron chi connectivity index (χ4n) is 2.29. The molecule has 0 radical (unpaired) electrons. The van der Waals surface area contributed by atoms with Gasteiger partial charge in [-0.3, -0.25) is 10.1 Å². The second-order valence-electron chi connectivity index (χ2n) is 4.97. The van der Waals surface area contributed by atoms with E-state index >= 15 is 0 Å². The summed E-state index contributed by atoms with van der Waals surface area (Å²) in [6.45, 7) is 2.23. The summed E-state index contributed by atoms with van der Waals surface area (Å²) >= 11 is 0. The van der Waals surface area contributed by atoms with E-state index in [4.69, 9.17) is 5.73 Å². The molecule has 1 aromatic rings. The molecule has 0 bridgehead atoms. The Hall–Kier alpha value is -1.51. The van der Waals surface area contributed by atoms with Crippen LogP contribution in [-0.2, 0) is 10.0 Å². The summed E-state index contributed by atoms with van der Waals surface area (Å²) in [7, 11) is -3.72. The Morgan fingerprint density at radius 3 is 2.75 bits per heavy atom. The standard InChI is InChI=1S/C12H17N3O4S/c1-9-4-5-11(7-12(9)15(16)17)20(18,19)14-6-2-3-10(13)8-14/h4-5,7,10H,2-3,6,8,13H2,1H3/t10-/m1/s1. The summed E-state index contributed by atoms with van der Waals surface area (Å²) in [5.74, 6) is 0. The first-order valence-electron chi connectivity index (χ1n) is 6.33. The van der Waals surface area contributed by atoms with Crippen LogP contribution in [0.5, 0.6) is 0 Å². The lowest BCUT2D eigenvalue weighted by Gasteiger charge is -2.29. The number of aryl methyl sites for hydroxylation is 1. The lowest BCUT2D eigenvalue weighted by molar-refractivity contribution is -0.385. The minimum absolute atomic E-state index is 0.0519. The van der Waals surface area contributed by atoms with E-state index in [0.717, 1.165) is 12.5 Å². The average molecular weight is 299 g/mol. The van der Waals surface area contributed by atoms with Crippen LogP contribution in [0.3, 0.4) is 0 Å². The average Bonchev–Trinajstić information content (AvgIpc) is 2.38. The van der Waals surface area contributed by atoms with E-state index in [2.05, 4.69) is 0 Å². The predicted octanol–water partition coefficient (Wildman–Crippen LogP) is 1.02. The van der Waals surface area contributed by atoms with Crippen molar-refractivity contribution in [2.45, 2.75) is 30.7 Å². The van der Waals surface area contributed by atoms with E-state index in [1.807, 2.05) is 0 Å². The molecule has 2 rings (SSSR count). The van der Waals surface area contributed by atoms with Crippen LogP contribution < -0.4 is 5.73 Å². The summed E-state index contributed by atoms with van der Waals surface area (Å²) in [4.78, 5) is 10.3. The molecule has 0 spiro atoms. The van der Waals surface area contributed by atoms with Crippen molar-refractivity contribution >= 4 is 15.7 Å². The van der Waals surface area contributed by atoms with Crippen LogP contribution in [0.4, 0.5) is 5.69 Å². The van der Waals surface area contributed by atoms with Gasteiger partial charge in [0.2, 0.25) is 10.0 Å². The van der Waals surface area contributed by atoms with Gasteiger partial charge in [0.25, 0.3) is 5.69 Å². The fourth-order valence-corrected chi connectivity index (χ4v) is 3.84. The van der Waals surface area contributed by atoms with Crippen molar-refractivity contribution in [1.29, 1.82) is 0 Å². The normalized spacial score (nSPS) is 20.8. The van der Waals surface area contributed by atoms with Gasteiger partial charge in [0.05, 0.1) is 9.82 Å². The van der Waals surface area contributed by atoms with Crippen molar-refractivity contribution in [3.05, 3.63) is 33.9 Å². The molecule has 1 heterocycles. The lowest BCUT2D eigenvalue weighted by atomic mass is 10.1. The van der Waals surface area contributed by atoms with Gasteiger partial charge in [-0.2, -0.15) is 4.31 Å². The minimum atomic E-state index is -3.72. The summed E-state index contributed by atoms with van der Waals surface area (Å²) in [5, 5.41) is 10.9. The molecule has 1 aliphatic rings. The van der Waals surface area contributed by atoms with Crippen LogP contribution in [0, 0.1) is 17.0 Å². The van der Waals surface area contributed by atoms with Crippen LogP contribution in [0.25, 0.3) is 0 Å². The number of rotatable bonds is 3. The molecular weight excluding hydrogens is 282 g/mol. The molecule has 0 unspecified atom stereocenters. The highest BCUT2D eigenvalue weighted by molar-refractivity contribution is 7.89. The smallest absolute Gasteiger partial charge is 0.273 e. The van der Waals surface area contributed by atoms with Gasteiger partial charge in [-0.25, -0.2) is 8.42 Å². The highest BCUT2D eigenvalue weighted by Crippen LogP contribution is 2.26. The maximum Gasteiger partial charge on any atom is 0.273 e. The second kappa shape index (κ2) is 5.47. The quantitative estimate of drug-likeness (QED) is 0.662. The van der Waals surface area contributed by atoms with Gasteiger partial charge >= 0.3 is 0 Å². The van der Waals surface area contributed by atoms with E-state index < -0.39 is 14.9 Å². The highest BCUT2D eigenvalue weighted by atomic mass is 32.2. The number of nitro benzene ring substituents is 1. The van der Waals surface area contributed by atoms with Crippen molar-refractivity contribution in [1.82, 2.24) is 4.31 Å². The monoisotopic (exact) mass is 299 g/mol. The summed E-state index contributed by atoms with van der Waals surface area (Å²) in [6, 6.07) is 3.79. The van der Waals surface area contributed by atoms with Crippen LogP contribution in [0.2, 0.25) is 0 Å². The third-order valence-electron chi connectivity index (χ3n) is 3.44. The number of hydrogen-bond acceptors (Lipinski definition) is 5. The topological polar surface area (TPSA) is 107 Å². The van der Waals surface area contributed by atoms with Gasteiger partial charge < -0.3 is 5.73 Å². The predicted molar refractivity (Wildman–Crippen MR) is 73.8 cm³/mol. The SMILES string of the molecule is Cc1ccc(S(=O)(=O)N2CCC[C@@H](N)C2)cc1[N+](=O)[O-]. The van der Waals surface area contributed by atoms with Crippen LogP contribution in [-0.4, -0.2) is 36.8 Å². The molecule has 0 aromatic heterocycles. The molecule has 0 saturated carbocycles. The van der Waals surface area contributed by atoms with Crippen molar-refractivity contribution in [2.75, 3.05) is 13.1 Å². The molecule has 1 aromatic carbocycles. The Labute approximate surface area is 117 Å². The third-order valence-corrected chi connectivity index (χ3v) is 5.30. The summed E-state index contributed by atoms with van der Waals surface area (Å²) < 4.78 is 26.2. The molecule has 1 atom stereocenters. The van der Waals surface area contributed by atoms with Gasteiger partial charge in [-0.15, -0.1) is 0 Å². The molecule has 20 heavy (non-hydrogen) atoms. The molecule has 7 nitrogen and oxygen atoms in total. The Balaban J connectivity index is 2.39. The van der Waals surface area contributed by atoms with Gasteiger partial charge in [0.15, 0.2) is 0 Å². The largest absolute Gasteiger partial charge is 0.327 e. The first-order valence-corrected chi connectivity index (χ1v) is 7.77. The number of piperidine rings is 1. The fraction of sp³-hybridized carbons (Fsp3) is 0.500. The molecule has 110 valence electrons. The molecule has 8 heteroatoms. The number of sulfonamides is 1. The minimum Gasteiger partial charge on any atom is -0.327 e. The molecule has 0 amide bonds. The van der Waals surface area contributed by atoms with Crippen molar-refractivity contribution in [2.24, 2.45) is 5.73 Å². The maximum absolute atomic E-state index is 12.5. The zero-order valence-electron chi connectivity index (χ0n) is 11.2. The van der Waals surface area contributed by atoms with Gasteiger partial charge in [-0.05, 0) is 25.8 Å². The number of nitrogens with two attached hydrogens (primary N) is 1. The lowest BCUT2D eigenvalue weighted by Crippen LogP contribution is -2.45. The Kier molecular flexibility index (Phi) is 4.07. The highest BCUT2D eigenvalue weighted by Gasteiger charge is 2.30. The number of nitro groups is 1.